The van der Waals surface area contributed by atoms with Gasteiger partial charge in [-0.15, -0.1) is 0 Å². The summed E-state index contributed by atoms with van der Waals surface area (Å²) >= 11 is 0. The topological polar surface area (TPSA) is 87.3 Å². The molecule has 3 N–H and O–H groups in total. The molecule has 0 spiro atoms. The lowest BCUT2D eigenvalue weighted by molar-refractivity contribution is 0.0949. The van der Waals surface area contributed by atoms with Crippen LogP contribution in [0.3, 0.4) is 0 Å². The van der Waals surface area contributed by atoms with Gasteiger partial charge >= 0.3 is 0 Å². The third kappa shape index (κ3) is 6.15. The van der Waals surface area contributed by atoms with Gasteiger partial charge in [0.2, 0.25) is 0 Å². The Labute approximate surface area is 122 Å². The summed E-state index contributed by atoms with van der Waals surface area (Å²) < 4.78 is 53.6. The van der Waals surface area contributed by atoms with Gasteiger partial charge < -0.3 is 5.32 Å². The lowest BCUT2D eigenvalue weighted by atomic mass is 10.2. The van der Waals surface area contributed by atoms with E-state index in [0.29, 0.717) is 0 Å². The van der Waals surface area contributed by atoms with Crippen LogP contribution < -0.4 is 14.8 Å². The number of carbonyl (C=O) groups is 1. The Kier molecular flexibility index (Phi) is 6.19. The highest BCUT2D eigenvalue weighted by molar-refractivity contribution is 7.87. The van der Waals surface area contributed by atoms with Crippen molar-refractivity contribution in [2.45, 2.75) is 19.9 Å². The number of rotatable bonds is 7. The van der Waals surface area contributed by atoms with Crippen LogP contribution in [-0.4, -0.2) is 33.5 Å². The SMILES string of the molecule is CC(C)NS(=O)(=O)NCCNC(=O)c1cc(F)ccc1F. The van der Waals surface area contributed by atoms with Crippen LogP contribution in [0.25, 0.3) is 0 Å². The highest BCUT2D eigenvalue weighted by atomic mass is 32.2. The number of nitrogens with one attached hydrogen (secondary N) is 3. The highest BCUT2D eigenvalue weighted by Gasteiger charge is 2.13. The molecule has 0 radical (unpaired) electrons. The van der Waals surface area contributed by atoms with Crippen LogP contribution in [0.15, 0.2) is 18.2 Å². The van der Waals surface area contributed by atoms with E-state index in [2.05, 4.69) is 14.8 Å². The largest absolute Gasteiger partial charge is 0.351 e. The molecule has 0 aliphatic rings. The van der Waals surface area contributed by atoms with Gasteiger partial charge in [-0.3, -0.25) is 4.79 Å². The summed E-state index contributed by atoms with van der Waals surface area (Å²) in [5.41, 5.74) is -0.432. The maximum absolute atomic E-state index is 13.3. The number of benzene rings is 1. The molecule has 118 valence electrons. The second-order valence-corrected chi connectivity index (χ2v) is 6.08. The summed E-state index contributed by atoms with van der Waals surface area (Å²) in [7, 11) is -3.64. The minimum Gasteiger partial charge on any atom is -0.351 e. The van der Waals surface area contributed by atoms with E-state index in [9.17, 15) is 22.0 Å². The van der Waals surface area contributed by atoms with Crippen molar-refractivity contribution in [3.63, 3.8) is 0 Å². The van der Waals surface area contributed by atoms with Gasteiger partial charge in [0.05, 0.1) is 5.56 Å². The van der Waals surface area contributed by atoms with Gasteiger partial charge in [-0.05, 0) is 32.0 Å². The minimum absolute atomic E-state index is 0.0617. The van der Waals surface area contributed by atoms with Crippen molar-refractivity contribution in [3.8, 4) is 0 Å². The molecule has 1 rings (SSSR count). The Morgan fingerprint density at radius 1 is 1.24 bits per heavy atom. The molecule has 21 heavy (non-hydrogen) atoms. The Hall–Kier alpha value is -1.58. The van der Waals surface area contributed by atoms with E-state index in [1.165, 1.54) is 0 Å². The quantitative estimate of drug-likeness (QED) is 0.640. The van der Waals surface area contributed by atoms with Gasteiger partial charge in [-0.25, -0.2) is 13.5 Å². The molecule has 0 aliphatic heterocycles. The molecule has 1 aromatic rings. The van der Waals surface area contributed by atoms with E-state index < -0.39 is 33.3 Å². The third-order valence-corrected chi connectivity index (χ3v) is 3.63. The number of hydrogen-bond donors (Lipinski definition) is 3. The lowest BCUT2D eigenvalue weighted by Gasteiger charge is -2.11. The van der Waals surface area contributed by atoms with Gasteiger partial charge in [-0.1, -0.05) is 0 Å². The highest BCUT2D eigenvalue weighted by Crippen LogP contribution is 2.09. The molecular weight excluding hydrogens is 304 g/mol. The van der Waals surface area contributed by atoms with Crippen LogP contribution in [0.1, 0.15) is 24.2 Å². The zero-order valence-corrected chi connectivity index (χ0v) is 12.4. The zero-order chi connectivity index (χ0) is 16.0. The van der Waals surface area contributed by atoms with E-state index in [4.69, 9.17) is 0 Å². The van der Waals surface area contributed by atoms with Gasteiger partial charge in [0.25, 0.3) is 16.1 Å². The van der Waals surface area contributed by atoms with Crippen molar-refractivity contribution in [2.75, 3.05) is 13.1 Å². The van der Waals surface area contributed by atoms with Crippen LogP contribution in [0.2, 0.25) is 0 Å². The fourth-order valence-corrected chi connectivity index (χ4v) is 2.55. The van der Waals surface area contributed by atoms with E-state index >= 15 is 0 Å². The fourth-order valence-electron chi connectivity index (χ4n) is 1.48. The summed E-state index contributed by atoms with van der Waals surface area (Å²) in [5.74, 6) is -2.40. The van der Waals surface area contributed by atoms with Gasteiger partial charge in [-0.2, -0.15) is 13.1 Å². The van der Waals surface area contributed by atoms with Crippen LogP contribution in [-0.2, 0) is 10.2 Å². The van der Waals surface area contributed by atoms with E-state index in [-0.39, 0.29) is 19.1 Å². The monoisotopic (exact) mass is 321 g/mol. The number of hydrogen-bond acceptors (Lipinski definition) is 3. The summed E-state index contributed by atoms with van der Waals surface area (Å²) in [4.78, 5) is 11.6. The predicted octanol–water partition coefficient (Wildman–Crippen LogP) is 0.527. The third-order valence-electron chi connectivity index (χ3n) is 2.27. The molecule has 0 aromatic heterocycles. The molecule has 9 heteroatoms. The minimum atomic E-state index is -3.64. The lowest BCUT2D eigenvalue weighted by Crippen LogP contribution is -2.43. The van der Waals surface area contributed by atoms with Crippen molar-refractivity contribution in [3.05, 3.63) is 35.4 Å². The first-order valence-corrected chi connectivity index (χ1v) is 7.70. The number of carbonyl (C=O) groups excluding carboxylic acids is 1. The first-order chi connectivity index (χ1) is 9.71. The van der Waals surface area contributed by atoms with E-state index in [1.807, 2.05) is 0 Å². The van der Waals surface area contributed by atoms with E-state index in [1.54, 1.807) is 13.8 Å². The molecule has 0 unspecified atom stereocenters. The summed E-state index contributed by atoms with van der Waals surface area (Å²) in [5, 5.41) is 2.29. The molecule has 0 atom stereocenters. The maximum Gasteiger partial charge on any atom is 0.277 e. The maximum atomic E-state index is 13.3. The van der Waals surface area contributed by atoms with Crippen LogP contribution in [0, 0.1) is 11.6 Å². The summed E-state index contributed by atoms with van der Waals surface area (Å²) in [6.45, 7) is 3.18. The van der Waals surface area contributed by atoms with E-state index in [0.717, 1.165) is 18.2 Å². The zero-order valence-electron chi connectivity index (χ0n) is 11.6. The predicted molar refractivity (Wildman–Crippen MR) is 73.9 cm³/mol. The Morgan fingerprint density at radius 2 is 1.90 bits per heavy atom. The van der Waals surface area contributed by atoms with Crippen molar-refractivity contribution >= 4 is 16.1 Å². The van der Waals surface area contributed by atoms with Crippen molar-refractivity contribution < 1.29 is 22.0 Å². The van der Waals surface area contributed by atoms with Crippen LogP contribution >= 0.6 is 0 Å². The molecule has 0 heterocycles. The molecule has 1 aromatic carbocycles. The fraction of sp³-hybridized carbons (Fsp3) is 0.417. The second-order valence-electron chi connectivity index (χ2n) is 4.55. The number of amides is 1. The van der Waals surface area contributed by atoms with Crippen molar-refractivity contribution in [2.24, 2.45) is 0 Å². The molecule has 0 aliphatic carbocycles. The normalized spacial score (nSPS) is 11.7. The molecule has 0 bridgehead atoms. The Morgan fingerprint density at radius 3 is 2.52 bits per heavy atom. The summed E-state index contributed by atoms with van der Waals surface area (Å²) in [6, 6.07) is 2.26. The first-order valence-electron chi connectivity index (χ1n) is 6.21. The van der Waals surface area contributed by atoms with Crippen molar-refractivity contribution in [1.82, 2.24) is 14.8 Å². The van der Waals surface area contributed by atoms with Gasteiger partial charge in [0.1, 0.15) is 11.6 Å². The van der Waals surface area contributed by atoms with Crippen molar-refractivity contribution in [1.29, 1.82) is 0 Å². The second kappa shape index (κ2) is 7.43. The number of halogens is 2. The molecule has 0 fully saturated rings. The summed E-state index contributed by atoms with van der Waals surface area (Å²) in [6.07, 6.45) is 0. The average molecular weight is 321 g/mol. The molecule has 0 saturated carbocycles. The molecular formula is C12H17F2N3O3S. The first kappa shape index (κ1) is 17.5. The molecule has 6 nitrogen and oxygen atoms in total. The molecule has 1 amide bonds. The van der Waals surface area contributed by atoms with Crippen LogP contribution in [0.4, 0.5) is 8.78 Å². The standard InChI is InChI=1S/C12H17F2N3O3S/c1-8(2)17-21(19,20)16-6-5-15-12(18)10-7-9(13)3-4-11(10)14/h3-4,7-8,16-17H,5-6H2,1-2H3,(H,15,18). The van der Waals surface area contributed by atoms with Crippen LogP contribution in [0.5, 0.6) is 0 Å². The average Bonchev–Trinajstić information content (AvgIpc) is 2.35. The Bertz CT molecular complexity index is 606. The van der Waals surface area contributed by atoms with Gasteiger partial charge in [0, 0.05) is 19.1 Å². The molecule has 0 saturated heterocycles. The van der Waals surface area contributed by atoms with Gasteiger partial charge in [0.15, 0.2) is 0 Å². The smallest absolute Gasteiger partial charge is 0.277 e. The Balaban J connectivity index is 2.46.